The molecule has 0 spiro atoms. The lowest BCUT2D eigenvalue weighted by Gasteiger charge is -2.18. The molecular weight excluding hydrogens is 402 g/mol. The SMILES string of the molecule is Cl.Cn1cc([C@H]2CNC[C@@H]2C(=O)Nc2n[nH]c(-c3ccc(C(C)(C)C)cc3)n2)cn1. The summed E-state index contributed by atoms with van der Waals surface area (Å²) < 4.78 is 1.76. The number of amides is 1. The molecule has 4 rings (SSSR count). The Kier molecular flexibility index (Phi) is 6.28. The number of aromatic nitrogens is 5. The molecule has 8 nitrogen and oxygen atoms in total. The van der Waals surface area contributed by atoms with Gasteiger partial charge in [0.25, 0.3) is 0 Å². The Balaban J connectivity index is 0.00000256. The van der Waals surface area contributed by atoms with Gasteiger partial charge in [-0.25, -0.2) is 0 Å². The van der Waals surface area contributed by atoms with Gasteiger partial charge in [-0.2, -0.15) is 10.1 Å². The Morgan fingerprint density at radius 1 is 1.20 bits per heavy atom. The number of hydrogen-bond acceptors (Lipinski definition) is 5. The minimum Gasteiger partial charge on any atom is -0.315 e. The first-order valence-corrected chi connectivity index (χ1v) is 9.85. The fourth-order valence-electron chi connectivity index (χ4n) is 3.71. The molecule has 1 aromatic carbocycles. The molecule has 9 heteroatoms. The Labute approximate surface area is 182 Å². The largest absolute Gasteiger partial charge is 0.315 e. The summed E-state index contributed by atoms with van der Waals surface area (Å²) in [6.07, 6.45) is 3.79. The second-order valence-corrected chi connectivity index (χ2v) is 8.64. The van der Waals surface area contributed by atoms with Crippen molar-refractivity contribution in [3.8, 4) is 11.4 Å². The summed E-state index contributed by atoms with van der Waals surface area (Å²) >= 11 is 0. The zero-order valence-corrected chi connectivity index (χ0v) is 18.5. The number of anilines is 1. The summed E-state index contributed by atoms with van der Waals surface area (Å²) in [5, 5.41) is 17.5. The van der Waals surface area contributed by atoms with E-state index in [0.29, 0.717) is 18.3 Å². The monoisotopic (exact) mass is 429 g/mol. The molecule has 2 aromatic heterocycles. The van der Waals surface area contributed by atoms with E-state index in [1.54, 1.807) is 4.68 Å². The van der Waals surface area contributed by atoms with Crippen molar-refractivity contribution in [1.29, 1.82) is 0 Å². The fraction of sp³-hybridized carbons (Fsp3) is 0.429. The van der Waals surface area contributed by atoms with Crippen LogP contribution in [0.1, 0.15) is 37.8 Å². The molecule has 0 bridgehead atoms. The van der Waals surface area contributed by atoms with E-state index in [1.807, 2.05) is 31.6 Å². The van der Waals surface area contributed by atoms with E-state index in [0.717, 1.165) is 17.7 Å². The molecule has 2 atom stereocenters. The topological polar surface area (TPSA) is 101 Å². The van der Waals surface area contributed by atoms with Crippen LogP contribution in [0.3, 0.4) is 0 Å². The van der Waals surface area contributed by atoms with Crippen molar-refractivity contribution in [3.05, 3.63) is 47.8 Å². The summed E-state index contributed by atoms with van der Waals surface area (Å²) in [5.41, 5.74) is 3.35. The Hall–Kier alpha value is -2.71. The maximum Gasteiger partial charge on any atom is 0.249 e. The van der Waals surface area contributed by atoms with Crippen LogP contribution in [-0.2, 0) is 17.3 Å². The van der Waals surface area contributed by atoms with Crippen LogP contribution in [-0.4, -0.2) is 44.0 Å². The fourth-order valence-corrected chi connectivity index (χ4v) is 3.71. The molecule has 0 saturated carbocycles. The molecule has 1 fully saturated rings. The van der Waals surface area contributed by atoms with E-state index in [2.05, 4.69) is 63.8 Å². The van der Waals surface area contributed by atoms with E-state index < -0.39 is 0 Å². The molecule has 160 valence electrons. The molecule has 0 radical (unpaired) electrons. The standard InChI is InChI=1S/C21H27N7O.ClH/c1-21(2,3)15-7-5-13(6-8-15)18-24-20(27-26-18)25-19(29)17-11-22-10-16(17)14-9-23-28(4)12-14;/h5-9,12,16-17,22H,10-11H2,1-4H3,(H2,24,25,26,27,29);1H/t16-,17+;/m1./s1. The lowest BCUT2D eigenvalue weighted by atomic mass is 9.87. The number of nitrogens with zero attached hydrogens (tertiary/aromatic N) is 4. The van der Waals surface area contributed by atoms with Gasteiger partial charge < -0.3 is 5.32 Å². The molecule has 1 aliphatic heterocycles. The smallest absolute Gasteiger partial charge is 0.249 e. The van der Waals surface area contributed by atoms with E-state index in [-0.39, 0.29) is 35.6 Å². The Morgan fingerprint density at radius 3 is 2.57 bits per heavy atom. The third-order valence-corrected chi connectivity index (χ3v) is 5.45. The van der Waals surface area contributed by atoms with Gasteiger partial charge in [0.1, 0.15) is 0 Å². The minimum absolute atomic E-state index is 0. The van der Waals surface area contributed by atoms with Crippen LogP contribution in [0.5, 0.6) is 0 Å². The highest BCUT2D eigenvalue weighted by Gasteiger charge is 2.35. The number of aryl methyl sites for hydroxylation is 1. The quantitative estimate of drug-likeness (QED) is 0.592. The van der Waals surface area contributed by atoms with Gasteiger partial charge in [-0.3, -0.25) is 19.9 Å². The van der Waals surface area contributed by atoms with Crippen molar-refractivity contribution in [2.75, 3.05) is 18.4 Å². The highest BCUT2D eigenvalue weighted by molar-refractivity contribution is 5.92. The average molecular weight is 430 g/mol. The molecule has 1 saturated heterocycles. The van der Waals surface area contributed by atoms with Gasteiger partial charge in [0.05, 0.1) is 12.1 Å². The van der Waals surface area contributed by atoms with Crippen LogP contribution in [0.4, 0.5) is 5.95 Å². The third kappa shape index (κ3) is 4.55. The molecule has 3 aromatic rings. The van der Waals surface area contributed by atoms with Gasteiger partial charge in [-0.15, -0.1) is 17.5 Å². The first-order chi connectivity index (χ1) is 13.8. The highest BCUT2D eigenvalue weighted by atomic mass is 35.5. The molecule has 3 N–H and O–H groups in total. The third-order valence-electron chi connectivity index (χ3n) is 5.45. The maximum atomic E-state index is 12.8. The number of hydrogen-bond donors (Lipinski definition) is 3. The first-order valence-electron chi connectivity index (χ1n) is 9.85. The molecule has 30 heavy (non-hydrogen) atoms. The molecular formula is C21H28ClN7O. The van der Waals surface area contributed by atoms with Gasteiger partial charge in [-0.05, 0) is 16.5 Å². The van der Waals surface area contributed by atoms with Crippen molar-refractivity contribution in [2.24, 2.45) is 13.0 Å². The van der Waals surface area contributed by atoms with E-state index in [4.69, 9.17) is 0 Å². The summed E-state index contributed by atoms with van der Waals surface area (Å²) in [6.45, 7) is 7.92. The second-order valence-electron chi connectivity index (χ2n) is 8.64. The van der Waals surface area contributed by atoms with Crippen LogP contribution < -0.4 is 10.6 Å². The summed E-state index contributed by atoms with van der Waals surface area (Å²) in [6, 6.07) is 8.23. The van der Waals surface area contributed by atoms with Crippen molar-refractivity contribution < 1.29 is 4.79 Å². The predicted octanol–water partition coefficient (Wildman–Crippen LogP) is 2.87. The number of nitrogens with one attached hydrogen (secondary N) is 3. The van der Waals surface area contributed by atoms with E-state index >= 15 is 0 Å². The number of benzene rings is 1. The molecule has 1 amide bonds. The van der Waals surface area contributed by atoms with Gasteiger partial charge >= 0.3 is 0 Å². The first kappa shape index (κ1) is 22.0. The zero-order valence-electron chi connectivity index (χ0n) is 17.6. The van der Waals surface area contributed by atoms with Gasteiger partial charge in [0, 0.05) is 37.8 Å². The van der Waals surface area contributed by atoms with Crippen LogP contribution >= 0.6 is 12.4 Å². The number of carbonyl (C=O) groups excluding carboxylic acids is 1. The number of rotatable bonds is 4. The summed E-state index contributed by atoms with van der Waals surface area (Å²) in [4.78, 5) is 17.3. The molecule has 3 heterocycles. The van der Waals surface area contributed by atoms with Crippen molar-refractivity contribution in [3.63, 3.8) is 0 Å². The maximum absolute atomic E-state index is 12.8. The molecule has 0 unspecified atom stereocenters. The summed E-state index contributed by atoms with van der Waals surface area (Å²) in [7, 11) is 1.88. The van der Waals surface area contributed by atoms with E-state index in [9.17, 15) is 4.79 Å². The van der Waals surface area contributed by atoms with Crippen LogP contribution in [0, 0.1) is 5.92 Å². The zero-order chi connectivity index (χ0) is 20.6. The van der Waals surface area contributed by atoms with Gasteiger partial charge in [0.2, 0.25) is 11.9 Å². The number of halogens is 1. The van der Waals surface area contributed by atoms with Crippen LogP contribution in [0.2, 0.25) is 0 Å². The highest BCUT2D eigenvalue weighted by Crippen LogP contribution is 2.29. The number of carbonyl (C=O) groups is 1. The molecule has 1 aliphatic rings. The van der Waals surface area contributed by atoms with Crippen molar-refractivity contribution in [1.82, 2.24) is 30.3 Å². The molecule has 0 aliphatic carbocycles. The van der Waals surface area contributed by atoms with Crippen molar-refractivity contribution in [2.45, 2.75) is 32.1 Å². The average Bonchev–Trinajstić information content (AvgIpc) is 3.41. The van der Waals surface area contributed by atoms with Gasteiger partial charge in [-0.1, -0.05) is 45.0 Å². The minimum atomic E-state index is -0.188. The van der Waals surface area contributed by atoms with Crippen LogP contribution in [0.15, 0.2) is 36.7 Å². The lowest BCUT2D eigenvalue weighted by Crippen LogP contribution is -2.28. The van der Waals surface area contributed by atoms with E-state index in [1.165, 1.54) is 5.56 Å². The predicted molar refractivity (Wildman–Crippen MR) is 119 cm³/mol. The lowest BCUT2D eigenvalue weighted by molar-refractivity contribution is -0.119. The second kappa shape index (κ2) is 8.57. The Morgan fingerprint density at radius 2 is 1.93 bits per heavy atom. The normalized spacial score (nSPS) is 18.8. The van der Waals surface area contributed by atoms with Crippen molar-refractivity contribution >= 4 is 24.3 Å². The summed E-state index contributed by atoms with van der Waals surface area (Å²) in [5.74, 6) is 0.743. The number of aromatic amines is 1. The number of H-pyrrole nitrogens is 1. The van der Waals surface area contributed by atoms with Gasteiger partial charge in [0.15, 0.2) is 5.82 Å². The van der Waals surface area contributed by atoms with Crippen LogP contribution in [0.25, 0.3) is 11.4 Å². The Bertz CT molecular complexity index is 1000.